The summed E-state index contributed by atoms with van der Waals surface area (Å²) in [6, 6.07) is 6.10. The van der Waals surface area contributed by atoms with Gasteiger partial charge in [-0.2, -0.15) is 0 Å². The van der Waals surface area contributed by atoms with Crippen LogP contribution in [0, 0.1) is 17.2 Å². The SMILES string of the molecule is CCCCCNC1Nc2ccc(C)cc2C=C1C(=N)N=O. The average molecular weight is 286 g/mol. The number of nitrogens with zero attached hydrogens (tertiary/aromatic N) is 1. The quantitative estimate of drug-likeness (QED) is 0.323. The summed E-state index contributed by atoms with van der Waals surface area (Å²) in [5.41, 5.74) is 3.74. The minimum atomic E-state index is -0.234. The van der Waals surface area contributed by atoms with Gasteiger partial charge in [-0.05, 0) is 48.8 Å². The normalized spacial score (nSPS) is 16.7. The maximum absolute atomic E-state index is 10.7. The lowest BCUT2D eigenvalue weighted by Gasteiger charge is -2.28. The number of hydrogen-bond acceptors (Lipinski definition) is 4. The Hall–Kier alpha value is -2.01. The molecule has 0 radical (unpaired) electrons. The number of nitrogens with one attached hydrogen (secondary N) is 3. The minimum Gasteiger partial charge on any atom is -0.365 e. The summed E-state index contributed by atoms with van der Waals surface area (Å²) in [5.74, 6) is -0.220. The molecule has 1 heterocycles. The van der Waals surface area contributed by atoms with Crippen LogP contribution in [-0.4, -0.2) is 18.5 Å². The summed E-state index contributed by atoms with van der Waals surface area (Å²) < 4.78 is 0. The molecule has 5 heteroatoms. The Labute approximate surface area is 125 Å². The second kappa shape index (κ2) is 7.13. The van der Waals surface area contributed by atoms with E-state index in [1.807, 2.05) is 31.2 Å². The van der Waals surface area contributed by atoms with E-state index < -0.39 is 0 Å². The number of hydrogen-bond donors (Lipinski definition) is 3. The zero-order valence-corrected chi connectivity index (χ0v) is 12.6. The van der Waals surface area contributed by atoms with Crippen LogP contribution in [0.3, 0.4) is 0 Å². The molecule has 1 atom stereocenters. The standard InChI is InChI=1S/C16H22N4O/c1-3-4-5-8-18-16-13(15(17)20-21)10-12-9-11(2)6-7-14(12)19-16/h6-7,9-10,16-19H,3-5,8H2,1-2H3. The number of amidine groups is 1. The van der Waals surface area contributed by atoms with Gasteiger partial charge in [0.2, 0.25) is 0 Å². The molecular formula is C16H22N4O. The third-order valence-corrected chi connectivity index (χ3v) is 3.62. The van der Waals surface area contributed by atoms with E-state index in [2.05, 4.69) is 22.7 Å². The van der Waals surface area contributed by atoms with Crippen molar-refractivity contribution in [2.45, 2.75) is 39.3 Å². The maximum Gasteiger partial charge on any atom is 0.195 e. The van der Waals surface area contributed by atoms with E-state index in [1.54, 1.807) is 0 Å². The van der Waals surface area contributed by atoms with Crippen molar-refractivity contribution in [3.05, 3.63) is 39.8 Å². The minimum absolute atomic E-state index is 0.220. The van der Waals surface area contributed by atoms with Crippen LogP contribution in [0.4, 0.5) is 5.69 Å². The highest BCUT2D eigenvalue weighted by Crippen LogP contribution is 2.27. The van der Waals surface area contributed by atoms with E-state index in [0.717, 1.165) is 42.6 Å². The average Bonchev–Trinajstić information content (AvgIpc) is 2.50. The molecule has 0 saturated heterocycles. The Balaban J connectivity index is 2.19. The second-order valence-corrected chi connectivity index (χ2v) is 5.37. The first-order valence-corrected chi connectivity index (χ1v) is 7.40. The molecule has 1 aromatic carbocycles. The molecular weight excluding hydrogens is 264 g/mol. The summed E-state index contributed by atoms with van der Waals surface area (Å²) in [5, 5.41) is 17.2. The fourth-order valence-electron chi connectivity index (χ4n) is 2.46. The number of unbranched alkanes of at least 4 members (excludes halogenated alkanes) is 2. The van der Waals surface area contributed by atoms with Gasteiger partial charge in [0, 0.05) is 11.3 Å². The number of aryl methyl sites for hydroxylation is 1. The fourth-order valence-corrected chi connectivity index (χ4v) is 2.46. The van der Waals surface area contributed by atoms with Crippen LogP contribution in [-0.2, 0) is 0 Å². The van der Waals surface area contributed by atoms with Crippen molar-refractivity contribution in [3.63, 3.8) is 0 Å². The topological polar surface area (TPSA) is 77.3 Å². The largest absolute Gasteiger partial charge is 0.365 e. The molecule has 112 valence electrons. The van der Waals surface area contributed by atoms with Crippen molar-refractivity contribution in [1.29, 1.82) is 5.41 Å². The molecule has 0 fully saturated rings. The Bertz CT molecular complexity index is 565. The lowest BCUT2D eigenvalue weighted by molar-refractivity contribution is 0.583. The van der Waals surface area contributed by atoms with Gasteiger partial charge in [0.25, 0.3) is 0 Å². The van der Waals surface area contributed by atoms with E-state index in [0.29, 0.717) is 5.57 Å². The molecule has 21 heavy (non-hydrogen) atoms. The van der Waals surface area contributed by atoms with E-state index in [4.69, 9.17) is 5.41 Å². The summed E-state index contributed by atoms with van der Waals surface area (Å²) in [6.07, 6.45) is 5.04. The fraction of sp³-hybridized carbons (Fsp3) is 0.438. The molecule has 5 nitrogen and oxygen atoms in total. The monoisotopic (exact) mass is 286 g/mol. The first kappa shape index (κ1) is 15.4. The summed E-state index contributed by atoms with van der Waals surface area (Å²) >= 11 is 0. The molecule has 3 N–H and O–H groups in total. The highest BCUT2D eigenvalue weighted by Gasteiger charge is 2.23. The molecule has 1 aliphatic heterocycles. The molecule has 0 aliphatic carbocycles. The number of fused-ring (bicyclic) bond motifs is 1. The molecule has 0 bridgehead atoms. The van der Waals surface area contributed by atoms with Gasteiger partial charge in [0.15, 0.2) is 5.84 Å². The zero-order valence-electron chi connectivity index (χ0n) is 12.6. The summed E-state index contributed by atoms with van der Waals surface area (Å²) in [4.78, 5) is 10.7. The Morgan fingerprint density at radius 2 is 2.24 bits per heavy atom. The number of anilines is 1. The maximum atomic E-state index is 10.7. The molecule has 1 unspecified atom stereocenters. The Morgan fingerprint density at radius 1 is 1.43 bits per heavy atom. The molecule has 0 saturated carbocycles. The van der Waals surface area contributed by atoms with Gasteiger partial charge in [-0.3, -0.25) is 10.7 Å². The van der Waals surface area contributed by atoms with Crippen molar-refractivity contribution in [1.82, 2.24) is 5.32 Å². The molecule has 1 aliphatic rings. The van der Waals surface area contributed by atoms with E-state index in [-0.39, 0.29) is 12.0 Å². The van der Waals surface area contributed by atoms with E-state index in [9.17, 15) is 4.91 Å². The van der Waals surface area contributed by atoms with Crippen molar-refractivity contribution in [2.75, 3.05) is 11.9 Å². The van der Waals surface area contributed by atoms with Crippen LogP contribution in [0.1, 0.15) is 37.3 Å². The predicted octanol–water partition coefficient (Wildman–Crippen LogP) is 3.65. The van der Waals surface area contributed by atoms with Crippen LogP contribution in [0.2, 0.25) is 0 Å². The van der Waals surface area contributed by atoms with Crippen LogP contribution in [0.25, 0.3) is 6.08 Å². The summed E-state index contributed by atoms with van der Waals surface area (Å²) in [7, 11) is 0. The van der Waals surface area contributed by atoms with Crippen molar-refractivity contribution >= 4 is 17.6 Å². The van der Waals surface area contributed by atoms with E-state index >= 15 is 0 Å². The van der Waals surface area contributed by atoms with Crippen LogP contribution in [0.15, 0.2) is 28.9 Å². The first-order valence-electron chi connectivity index (χ1n) is 7.40. The van der Waals surface area contributed by atoms with Crippen LogP contribution in [0.5, 0.6) is 0 Å². The van der Waals surface area contributed by atoms with Gasteiger partial charge in [0.05, 0.1) is 0 Å². The Morgan fingerprint density at radius 3 is 2.95 bits per heavy atom. The molecule has 2 rings (SSSR count). The van der Waals surface area contributed by atoms with E-state index in [1.165, 1.54) is 0 Å². The second-order valence-electron chi connectivity index (χ2n) is 5.37. The highest BCUT2D eigenvalue weighted by atomic mass is 16.3. The highest BCUT2D eigenvalue weighted by molar-refractivity contribution is 6.03. The van der Waals surface area contributed by atoms with Gasteiger partial charge in [0.1, 0.15) is 6.17 Å². The number of rotatable bonds is 6. The molecule has 0 spiro atoms. The van der Waals surface area contributed by atoms with Gasteiger partial charge in [-0.1, -0.05) is 31.4 Å². The molecule has 0 amide bonds. The van der Waals surface area contributed by atoms with Crippen molar-refractivity contribution < 1.29 is 0 Å². The van der Waals surface area contributed by atoms with Crippen LogP contribution >= 0.6 is 0 Å². The molecule has 0 aromatic heterocycles. The predicted molar refractivity (Wildman–Crippen MR) is 87.6 cm³/mol. The number of nitroso groups, excluding NO2 is 1. The molecule has 1 aromatic rings. The number of benzene rings is 1. The van der Waals surface area contributed by atoms with Crippen LogP contribution < -0.4 is 10.6 Å². The lowest BCUT2D eigenvalue weighted by Crippen LogP contribution is -2.42. The third kappa shape index (κ3) is 3.76. The van der Waals surface area contributed by atoms with Crippen molar-refractivity contribution in [2.24, 2.45) is 5.18 Å². The van der Waals surface area contributed by atoms with Gasteiger partial charge >= 0.3 is 0 Å². The summed E-state index contributed by atoms with van der Waals surface area (Å²) in [6.45, 7) is 5.02. The van der Waals surface area contributed by atoms with Gasteiger partial charge in [-0.25, -0.2) is 0 Å². The smallest absolute Gasteiger partial charge is 0.195 e. The third-order valence-electron chi connectivity index (χ3n) is 3.62. The van der Waals surface area contributed by atoms with Crippen molar-refractivity contribution in [3.8, 4) is 0 Å². The zero-order chi connectivity index (χ0) is 15.2. The first-order chi connectivity index (χ1) is 10.2. The Kier molecular flexibility index (Phi) is 5.22. The lowest BCUT2D eigenvalue weighted by atomic mass is 9.99. The van der Waals surface area contributed by atoms with Gasteiger partial charge in [-0.15, -0.1) is 4.91 Å². The van der Waals surface area contributed by atoms with Gasteiger partial charge < -0.3 is 5.32 Å².